The molecule has 0 aliphatic heterocycles. The summed E-state index contributed by atoms with van der Waals surface area (Å²) in [6.45, 7) is -1.38. The third kappa shape index (κ3) is 7.28. The lowest BCUT2D eigenvalue weighted by Crippen LogP contribution is -2.39. The van der Waals surface area contributed by atoms with E-state index in [4.69, 9.17) is 14.7 Å². The van der Waals surface area contributed by atoms with Crippen molar-refractivity contribution in [1.29, 1.82) is 5.26 Å². The Morgan fingerprint density at radius 3 is 2.31 bits per heavy atom. The van der Waals surface area contributed by atoms with Crippen LogP contribution in [0, 0.1) is 17.1 Å². The molecule has 3 aromatic rings. The quantitative estimate of drug-likeness (QED) is 0.413. The van der Waals surface area contributed by atoms with Gasteiger partial charge in [-0.25, -0.2) is 14.4 Å². The zero-order valence-corrected chi connectivity index (χ0v) is 19.0. The van der Waals surface area contributed by atoms with Crippen LogP contribution in [0.25, 0.3) is 0 Å². The molecule has 3 rings (SSSR count). The molecule has 0 aliphatic carbocycles. The zero-order chi connectivity index (χ0) is 25.4. The fourth-order valence-corrected chi connectivity index (χ4v) is 3.52. The van der Waals surface area contributed by atoms with E-state index in [9.17, 15) is 17.6 Å². The maximum Gasteiger partial charge on any atom is 0.401 e. The Kier molecular flexibility index (Phi) is 8.43. The predicted octanol–water partition coefficient (Wildman–Crippen LogP) is 4.72. The van der Waals surface area contributed by atoms with Gasteiger partial charge in [-0.2, -0.15) is 18.4 Å². The first kappa shape index (κ1) is 25.7. The van der Waals surface area contributed by atoms with E-state index in [1.165, 1.54) is 55.8 Å². The third-order valence-electron chi connectivity index (χ3n) is 5.18. The van der Waals surface area contributed by atoms with Gasteiger partial charge < -0.3 is 14.8 Å². The van der Waals surface area contributed by atoms with Crippen molar-refractivity contribution < 1.29 is 27.0 Å². The number of nitrogens with zero attached hydrogens (tertiary/aromatic N) is 4. The summed E-state index contributed by atoms with van der Waals surface area (Å²) < 4.78 is 65.1. The van der Waals surface area contributed by atoms with Gasteiger partial charge in [0.2, 0.25) is 5.95 Å². The van der Waals surface area contributed by atoms with Crippen LogP contribution in [0.5, 0.6) is 11.5 Å². The number of anilines is 1. The molecule has 35 heavy (non-hydrogen) atoms. The lowest BCUT2D eigenvalue weighted by Gasteiger charge is -2.33. The number of rotatable bonds is 10. The van der Waals surface area contributed by atoms with Crippen LogP contribution in [-0.4, -0.2) is 48.4 Å². The first-order valence-corrected chi connectivity index (χ1v) is 10.5. The molecule has 0 unspecified atom stereocenters. The molecule has 11 heteroatoms. The summed E-state index contributed by atoms with van der Waals surface area (Å²) in [5, 5.41) is 11.8. The van der Waals surface area contributed by atoms with Gasteiger partial charge in [0.05, 0.1) is 44.8 Å². The van der Waals surface area contributed by atoms with Crippen LogP contribution in [0.15, 0.2) is 54.9 Å². The molecule has 0 fully saturated rings. The van der Waals surface area contributed by atoms with E-state index in [1.54, 1.807) is 18.2 Å². The van der Waals surface area contributed by atoms with Gasteiger partial charge in [-0.15, -0.1) is 0 Å². The number of nitrogens with one attached hydrogen (secondary N) is 1. The Bertz CT molecular complexity index is 1150. The first-order valence-electron chi connectivity index (χ1n) is 10.5. The van der Waals surface area contributed by atoms with Crippen molar-refractivity contribution in [3.05, 3.63) is 77.4 Å². The molecule has 0 saturated heterocycles. The van der Waals surface area contributed by atoms with Crippen LogP contribution in [-0.2, 0) is 6.54 Å². The average Bonchev–Trinajstić information content (AvgIpc) is 2.84. The van der Waals surface area contributed by atoms with E-state index in [0.717, 1.165) is 0 Å². The summed E-state index contributed by atoms with van der Waals surface area (Å²) in [6, 6.07) is 11.2. The average molecular weight is 489 g/mol. The number of nitriles is 1. The molecule has 0 bridgehead atoms. The monoisotopic (exact) mass is 489 g/mol. The summed E-state index contributed by atoms with van der Waals surface area (Å²) >= 11 is 0. The molecule has 0 saturated carbocycles. The number of aromatic nitrogens is 2. The second-order valence-electron chi connectivity index (χ2n) is 7.55. The van der Waals surface area contributed by atoms with Crippen molar-refractivity contribution in [3.63, 3.8) is 0 Å². The molecule has 1 N–H and O–H groups in total. The fraction of sp³-hybridized carbons (Fsp3) is 0.292. The summed E-state index contributed by atoms with van der Waals surface area (Å²) in [7, 11) is 2.90. The van der Waals surface area contributed by atoms with Crippen molar-refractivity contribution >= 4 is 5.95 Å². The van der Waals surface area contributed by atoms with Gasteiger partial charge in [-0.05, 0) is 23.8 Å². The molecule has 0 spiro atoms. The molecule has 7 nitrogen and oxygen atoms in total. The molecule has 184 valence electrons. The molecule has 0 radical (unpaired) electrons. The van der Waals surface area contributed by atoms with Gasteiger partial charge in [0, 0.05) is 24.7 Å². The minimum atomic E-state index is -4.51. The standard InChI is InChI=1S/C24H23F4N5O2/c1-34-20-8-5-18(22(9-20)35-2)14-33(15-24(26,27)28)21(17-3-6-19(25)7-4-17)13-32-23-30-11-16(10-29)12-31-23/h3-9,11-12,21H,13-15H2,1-2H3,(H,30,31,32)/t21-/m0/s1. The number of ether oxygens (including phenoxy) is 2. The Labute approximate surface area is 199 Å². The van der Waals surface area contributed by atoms with Gasteiger partial charge in [-0.3, -0.25) is 4.90 Å². The van der Waals surface area contributed by atoms with Crippen LogP contribution in [0.4, 0.5) is 23.5 Å². The number of hydrogen-bond donors (Lipinski definition) is 1. The lowest BCUT2D eigenvalue weighted by molar-refractivity contribution is -0.152. The van der Waals surface area contributed by atoms with E-state index in [-0.39, 0.29) is 24.6 Å². The molecule has 1 atom stereocenters. The minimum absolute atomic E-state index is 0.0217. The maximum atomic E-state index is 13.7. The Balaban J connectivity index is 1.96. The highest BCUT2D eigenvalue weighted by Crippen LogP contribution is 2.32. The second-order valence-corrected chi connectivity index (χ2v) is 7.55. The summed E-state index contributed by atoms with van der Waals surface area (Å²) in [5.41, 5.74) is 1.22. The van der Waals surface area contributed by atoms with Crippen LogP contribution in [0.3, 0.4) is 0 Å². The number of alkyl halides is 3. The lowest BCUT2D eigenvalue weighted by atomic mass is 10.0. The van der Waals surface area contributed by atoms with Gasteiger partial charge in [0.15, 0.2) is 0 Å². The Morgan fingerprint density at radius 1 is 1.06 bits per heavy atom. The molecule has 0 aliphatic rings. The van der Waals surface area contributed by atoms with Crippen LogP contribution in [0.2, 0.25) is 0 Å². The summed E-state index contributed by atoms with van der Waals surface area (Å²) in [4.78, 5) is 9.25. The van der Waals surface area contributed by atoms with E-state index in [0.29, 0.717) is 22.6 Å². The number of benzene rings is 2. The van der Waals surface area contributed by atoms with Crippen molar-refractivity contribution in [2.45, 2.75) is 18.8 Å². The van der Waals surface area contributed by atoms with Gasteiger partial charge in [0.1, 0.15) is 23.4 Å². The highest BCUT2D eigenvalue weighted by Gasteiger charge is 2.35. The SMILES string of the molecule is COc1ccc(CN(CC(F)(F)F)[C@@H](CNc2ncc(C#N)cn2)c2ccc(F)cc2)c(OC)c1. The summed E-state index contributed by atoms with van der Waals surface area (Å²) in [6.07, 6.45) is -1.90. The molecule has 2 aromatic carbocycles. The van der Waals surface area contributed by atoms with Crippen LogP contribution >= 0.6 is 0 Å². The Morgan fingerprint density at radius 2 is 1.74 bits per heavy atom. The highest BCUT2D eigenvalue weighted by atomic mass is 19.4. The number of hydrogen-bond acceptors (Lipinski definition) is 7. The predicted molar refractivity (Wildman–Crippen MR) is 120 cm³/mol. The fourth-order valence-electron chi connectivity index (χ4n) is 3.52. The van der Waals surface area contributed by atoms with E-state index in [2.05, 4.69) is 15.3 Å². The Hall–Kier alpha value is -3.91. The van der Waals surface area contributed by atoms with Gasteiger partial charge in [-0.1, -0.05) is 18.2 Å². The smallest absolute Gasteiger partial charge is 0.401 e. The third-order valence-corrected chi connectivity index (χ3v) is 5.18. The van der Waals surface area contributed by atoms with Crippen molar-refractivity contribution in [1.82, 2.24) is 14.9 Å². The second kappa shape index (κ2) is 11.5. The van der Waals surface area contributed by atoms with Crippen molar-refractivity contribution in [2.75, 3.05) is 32.6 Å². The molecule has 1 aromatic heterocycles. The topological polar surface area (TPSA) is 83.3 Å². The van der Waals surface area contributed by atoms with Crippen LogP contribution < -0.4 is 14.8 Å². The summed E-state index contributed by atoms with van der Waals surface area (Å²) in [5.74, 6) is 0.514. The normalized spacial score (nSPS) is 12.2. The highest BCUT2D eigenvalue weighted by molar-refractivity contribution is 5.41. The zero-order valence-electron chi connectivity index (χ0n) is 19.0. The molecule has 0 amide bonds. The maximum absolute atomic E-state index is 13.7. The molecule has 1 heterocycles. The number of halogens is 4. The molecular formula is C24H23F4N5O2. The van der Waals surface area contributed by atoms with E-state index < -0.39 is 24.6 Å². The van der Waals surface area contributed by atoms with Gasteiger partial charge >= 0.3 is 6.18 Å². The van der Waals surface area contributed by atoms with E-state index in [1.807, 2.05) is 6.07 Å². The van der Waals surface area contributed by atoms with Crippen molar-refractivity contribution in [2.24, 2.45) is 0 Å². The largest absolute Gasteiger partial charge is 0.497 e. The number of methoxy groups -OCH3 is 2. The van der Waals surface area contributed by atoms with Gasteiger partial charge in [0.25, 0.3) is 0 Å². The van der Waals surface area contributed by atoms with Crippen LogP contribution in [0.1, 0.15) is 22.7 Å². The van der Waals surface area contributed by atoms with E-state index >= 15 is 0 Å². The first-order chi connectivity index (χ1) is 16.7. The molecular weight excluding hydrogens is 466 g/mol. The van der Waals surface area contributed by atoms with Crippen molar-refractivity contribution in [3.8, 4) is 17.6 Å². The minimum Gasteiger partial charge on any atom is -0.497 e.